The van der Waals surface area contributed by atoms with Gasteiger partial charge in [0, 0.05) is 10.2 Å². The Kier molecular flexibility index (Phi) is 7.39. The number of hydrogen-bond donors (Lipinski definition) is 2. The van der Waals surface area contributed by atoms with Gasteiger partial charge in [-0.1, -0.05) is 57.6 Å². The van der Waals surface area contributed by atoms with Crippen LogP contribution in [-0.2, 0) is 16.4 Å². The van der Waals surface area contributed by atoms with Gasteiger partial charge < -0.3 is 10.1 Å². The number of anilines is 2. The second-order valence-electron chi connectivity index (χ2n) is 7.12. The van der Waals surface area contributed by atoms with Crippen LogP contribution in [0.2, 0.25) is 0 Å². The molecule has 4 rings (SSSR count). The van der Waals surface area contributed by atoms with Gasteiger partial charge in [0.05, 0.1) is 18.0 Å². The van der Waals surface area contributed by atoms with Crippen molar-refractivity contribution in [2.24, 2.45) is 0 Å². The molecule has 0 radical (unpaired) electrons. The maximum Gasteiger partial charge on any atom is 0.241 e. The number of aromatic nitrogens is 2. The summed E-state index contributed by atoms with van der Waals surface area (Å²) in [5.41, 5.74) is 1.84. The molecular formula is C23H21BrN4O3S2. The normalized spacial score (nSPS) is 12.3. The highest BCUT2D eigenvalue weighted by Crippen LogP contribution is 2.29. The lowest BCUT2D eigenvalue weighted by molar-refractivity contribution is 0.414. The molecule has 0 saturated heterocycles. The molecule has 2 N–H and O–H groups in total. The first kappa shape index (κ1) is 23.4. The Morgan fingerprint density at radius 1 is 0.970 bits per heavy atom. The van der Waals surface area contributed by atoms with Crippen LogP contribution in [0.5, 0.6) is 5.75 Å². The molecule has 0 amide bonds. The minimum atomic E-state index is -3.80. The van der Waals surface area contributed by atoms with Gasteiger partial charge in [-0.2, -0.15) is 0 Å². The largest absolute Gasteiger partial charge is 0.497 e. The van der Waals surface area contributed by atoms with Crippen LogP contribution in [0.1, 0.15) is 16.6 Å². The van der Waals surface area contributed by atoms with E-state index in [0.29, 0.717) is 22.3 Å². The Labute approximate surface area is 205 Å². The lowest BCUT2D eigenvalue weighted by atomic mass is 10.1. The Bertz CT molecular complexity index is 1300. The minimum Gasteiger partial charge on any atom is -0.497 e. The van der Waals surface area contributed by atoms with Crippen molar-refractivity contribution in [3.8, 4) is 5.75 Å². The van der Waals surface area contributed by atoms with Gasteiger partial charge in [0.25, 0.3) is 0 Å². The highest BCUT2D eigenvalue weighted by molar-refractivity contribution is 9.10. The third-order valence-corrected chi connectivity index (χ3v) is 7.75. The molecule has 0 bridgehead atoms. The number of methoxy groups -OCH3 is 1. The zero-order chi connectivity index (χ0) is 23.3. The van der Waals surface area contributed by atoms with Gasteiger partial charge in [0.15, 0.2) is 0 Å². The molecule has 170 valence electrons. The second-order valence-corrected chi connectivity index (χ2v) is 10.8. The zero-order valence-electron chi connectivity index (χ0n) is 17.6. The van der Waals surface area contributed by atoms with Gasteiger partial charge in [-0.3, -0.25) is 0 Å². The predicted molar refractivity (Wildman–Crippen MR) is 134 cm³/mol. The monoisotopic (exact) mass is 544 g/mol. The molecule has 0 aliphatic carbocycles. The van der Waals surface area contributed by atoms with E-state index in [9.17, 15) is 8.42 Å². The molecule has 10 heteroatoms. The molecule has 0 saturated carbocycles. The van der Waals surface area contributed by atoms with Crippen LogP contribution in [0.4, 0.5) is 10.8 Å². The van der Waals surface area contributed by atoms with E-state index in [2.05, 4.69) is 36.2 Å². The highest BCUT2D eigenvalue weighted by Gasteiger charge is 2.25. The van der Waals surface area contributed by atoms with Gasteiger partial charge in [-0.25, -0.2) is 13.1 Å². The standard InChI is InChI=1S/C23H21BrN4O3S2/c1-31-19-11-13-20(14-12-19)33(29,30)28-21(15-16-5-3-2-4-6-16)22-26-27-23(32-22)25-18-9-7-17(24)8-10-18/h2-14,21,28H,15H2,1H3,(H,25,27). The third-order valence-electron chi connectivity index (χ3n) is 4.78. The fraction of sp³-hybridized carbons (Fsp3) is 0.130. The first-order chi connectivity index (χ1) is 15.9. The van der Waals surface area contributed by atoms with Crippen LogP contribution >= 0.6 is 27.3 Å². The summed E-state index contributed by atoms with van der Waals surface area (Å²) >= 11 is 4.72. The summed E-state index contributed by atoms with van der Waals surface area (Å²) < 4.78 is 35.1. The number of sulfonamides is 1. The zero-order valence-corrected chi connectivity index (χ0v) is 20.8. The van der Waals surface area contributed by atoms with Gasteiger partial charge >= 0.3 is 0 Å². The third kappa shape index (κ3) is 6.17. The maximum absolute atomic E-state index is 13.1. The van der Waals surface area contributed by atoms with Crippen LogP contribution < -0.4 is 14.8 Å². The number of halogens is 1. The highest BCUT2D eigenvalue weighted by atomic mass is 79.9. The van der Waals surface area contributed by atoms with E-state index in [1.807, 2.05) is 54.6 Å². The molecule has 3 aromatic carbocycles. The van der Waals surface area contributed by atoms with Crippen molar-refractivity contribution in [1.82, 2.24) is 14.9 Å². The number of hydrogen-bond acceptors (Lipinski definition) is 7. The Morgan fingerprint density at radius 2 is 1.67 bits per heavy atom. The van der Waals surface area contributed by atoms with Gasteiger partial charge in [-0.15, -0.1) is 10.2 Å². The maximum atomic E-state index is 13.1. The first-order valence-corrected chi connectivity index (χ1v) is 13.1. The van der Waals surface area contributed by atoms with E-state index in [1.54, 1.807) is 12.1 Å². The Hall–Kier alpha value is -2.79. The van der Waals surface area contributed by atoms with Crippen LogP contribution in [0.25, 0.3) is 0 Å². The molecule has 1 heterocycles. The molecule has 33 heavy (non-hydrogen) atoms. The molecular weight excluding hydrogens is 524 g/mol. The van der Waals surface area contributed by atoms with Crippen molar-refractivity contribution in [2.75, 3.05) is 12.4 Å². The van der Waals surface area contributed by atoms with Crippen molar-refractivity contribution in [2.45, 2.75) is 17.4 Å². The molecule has 0 spiro atoms. The molecule has 1 unspecified atom stereocenters. The number of rotatable bonds is 9. The number of nitrogens with one attached hydrogen (secondary N) is 2. The lowest BCUT2D eigenvalue weighted by Gasteiger charge is -2.16. The summed E-state index contributed by atoms with van der Waals surface area (Å²) in [5.74, 6) is 0.586. The topological polar surface area (TPSA) is 93.2 Å². The summed E-state index contributed by atoms with van der Waals surface area (Å²) in [6, 6.07) is 23.0. The molecule has 0 aliphatic heterocycles. The van der Waals surface area contributed by atoms with Crippen LogP contribution in [0, 0.1) is 0 Å². The second kappa shape index (κ2) is 10.4. The van der Waals surface area contributed by atoms with Crippen molar-refractivity contribution in [3.63, 3.8) is 0 Å². The van der Waals surface area contributed by atoms with Gasteiger partial charge in [-0.05, 0) is 60.5 Å². The fourth-order valence-electron chi connectivity index (χ4n) is 3.12. The fourth-order valence-corrected chi connectivity index (χ4v) is 5.48. The van der Waals surface area contributed by atoms with Gasteiger partial charge in [0.1, 0.15) is 10.8 Å². The van der Waals surface area contributed by atoms with Crippen LogP contribution in [0.15, 0.2) is 88.2 Å². The Morgan fingerprint density at radius 3 is 2.33 bits per heavy atom. The quantitative estimate of drug-likeness (QED) is 0.296. The summed E-state index contributed by atoms with van der Waals surface area (Å²) in [4.78, 5) is 0.152. The van der Waals surface area contributed by atoms with Crippen molar-refractivity contribution >= 4 is 48.1 Å². The lowest BCUT2D eigenvalue weighted by Crippen LogP contribution is -2.30. The van der Waals surface area contributed by atoms with Crippen molar-refractivity contribution in [1.29, 1.82) is 0 Å². The molecule has 7 nitrogen and oxygen atoms in total. The van der Waals surface area contributed by atoms with E-state index in [4.69, 9.17) is 4.74 Å². The predicted octanol–water partition coefficient (Wildman–Crippen LogP) is 5.32. The van der Waals surface area contributed by atoms with Gasteiger partial charge in [0.2, 0.25) is 15.2 Å². The van der Waals surface area contributed by atoms with Crippen LogP contribution in [-0.4, -0.2) is 25.7 Å². The van der Waals surface area contributed by atoms with E-state index in [-0.39, 0.29) is 4.90 Å². The molecule has 1 atom stereocenters. The van der Waals surface area contributed by atoms with Crippen LogP contribution in [0.3, 0.4) is 0 Å². The molecule has 1 aromatic heterocycles. The number of nitrogens with zero attached hydrogens (tertiary/aromatic N) is 2. The minimum absolute atomic E-state index is 0.152. The molecule has 0 aliphatic rings. The summed E-state index contributed by atoms with van der Waals surface area (Å²) in [7, 11) is -2.26. The van der Waals surface area contributed by atoms with E-state index >= 15 is 0 Å². The van der Waals surface area contributed by atoms with E-state index in [1.165, 1.54) is 30.6 Å². The SMILES string of the molecule is COc1ccc(S(=O)(=O)NC(Cc2ccccc2)c2nnc(Nc3ccc(Br)cc3)s2)cc1. The summed E-state index contributed by atoms with van der Waals surface area (Å²) in [6.07, 6.45) is 0.434. The first-order valence-electron chi connectivity index (χ1n) is 9.99. The average molecular weight is 545 g/mol. The van der Waals surface area contributed by atoms with Crippen molar-refractivity contribution in [3.05, 3.63) is 93.9 Å². The number of ether oxygens (including phenoxy) is 1. The number of benzene rings is 3. The van der Waals surface area contributed by atoms with Crippen molar-refractivity contribution < 1.29 is 13.2 Å². The Balaban J connectivity index is 1.59. The smallest absolute Gasteiger partial charge is 0.241 e. The summed E-state index contributed by atoms with van der Waals surface area (Å²) in [5, 5.41) is 12.9. The molecule has 0 fully saturated rings. The summed E-state index contributed by atoms with van der Waals surface area (Å²) in [6.45, 7) is 0. The van der Waals surface area contributed by atoms with E-state index in [0.717, 1.165) is 15.7 Å². The van der Waals surface area contributed by atoms with E-state index < -0.39 is 16.1 Å². The molecule has 4 aromatic rings. The average Bonchev–Trinajstić information content (AvgIpc) is 3.29.